The van der Waals surface area contributed by atoms with Crippen molar-refractivity contribution in [3.05, 3.63) is 42.7 Å². The van der Waals surface area contributed by atoms with Gasteiger partial charge >= 0.3 is 0 Å². The lowest BCUT2D eigenvalue weighted by molar-refractivity contribution is -0.118. The number of anilines is 2. The molecule has 3 heterocycles. The van der Waals surface area contributed by atoms with E-state index in [1.54, 1.807) is 6.20 Å². The predicted molar refractivity (Wildman–Crippen MR) is 87.9 cm³/mol. The molecular formula is C17H15N5O. The Bertz CT molecular complexity index is 832. The van der Waals surface area contributed by atoms with Gasteiger partial charge in [-0.3, -0.25) is 9.78 Å². The fraction of sp³-hybridized carbons (Fsp3) is 0.235. The molecule has 0 radical (unpaired) electrons. The highest BCUT2D eigenvalue weighted by Crippen LogP contribution is 2.44. The number of hydrogen-bond acceptors (Lipinski definition) is 5. The Morgan fingerprint density at radius 1 is 1.09 bits per heavy atom. The third-order valence-corrected chi connectivity index (χ3v) is 4.60. The van der Waals surface area contributed by atoms with Crippen LogP contribution in [0.3, 0.4) is 0 Å². The summed E-state index contributed by atoms with van der Waals surface area (Å²) in [5, 5.41) is 10.1. The summed E-state index contributed by atoms with van der Waals surface area (Å²) in [5.41, 5.74) is 4.26. The summed E-state index contributed by atoms with van der Waals surface area (Å²) in [5.74, 6) is 1.27. The van der Waals surface area contributed by atoms with Crippen LogP contribution in [0.15, 0.2) is 47.7 Å². The van der Waals surface area contributed by atoms with Crippen molar-refractivity contribution in [1.82, 2.24) is 10.3 Å². The van der Waals surface area contributed by atoms with E-state index in [9.17, 15) is 4.79 Å². The van der Waals surface area contributed by atoms with Gasteiger partial charge in [0.1, 0.15) is 5.84 Å². The quantitative estimate of drug-likeness (QED) is 0.791. The number of rotatable bonds is 2. The number of amides is 1. The number of pyridine rings is 1. The van der Waals surface area contributed by atoms with Crippen molar-refractivity contribution in [2.45, 2.75) is 12.7 Å². The fourth-order valence-corrected chi connectivity index (χ4v) is 3.26. The zero-order chi connectivity index (χ0) is 15.4. The number of carbonyl (C=O) groups excluding carboxylic acids is 1. The van der Waals surface area contributed by atoms with Crippen molar-refractivity contribution in [2.24, 2.45) is 16.8 Å². The van der Waals surface area contributed by atoms with Crippen molar-refractivity contribution in [2.75, 3.05) is 10.6 Å². The lowest BCUT2D eigenvalue weighted by Gasteiger charge is -2.15. The number of hydrogen-bond donors (Lipinski definition) is 3. The number of benzene rings is 1. The highest BCUT2D eigenvalue weighted by Gasteiger charge is 2.52. The molecule has 0 bridgehead atoms. The number of amidine groups is 1. The van der Waals surface area contributed by atoms with E-state index in [2.05, 4.69) is 38.1 Å². The van der Waals surface area contributed by atoms with Crippen LogP contribution < -0.4 is 16.0 Å². The fourth-order valence-electron chi connectivity index (χ4n) is 3.26. The molecule has 1 amide bonds. The summed E-state index contributed by atoms with van der Waals surface area (Å²) in [4.78, 5) is 19.8. The topological polar surface area (TPSA) is 78.4 Å². The molecule has 23 heavy (non-hydrogen) atoms. The monoisotopic (exact) mass is 305 g/mol. The van der Waals surface area contributed by atoms with E-state index < -0.39 is 0 Å². The lowest BCUT2D eigenvalue weighted by Crippen LogP contribution is -2.43. The van der Waals surface area contributed by atoms with Crippen LogP contribution in [0.2, 0.25) is 0 Å². The average Bonchev–Trinajstić information content (AvgIpc) is 3.19. The molecule has 6 nitrogen and oxygen atoms in total. The molecule has 5 rings (SSSR count). The van der Waals surface area contributed by atoms with Gasteiger partial charge in [-0.1, -0.05) is 12.1 Å². The number of nitrogens with zero attached hydrogens (tertiary/aromatic N) is 2. The van der Waals surface area contributed by atoms with Gasteiger partial charge in [-0.05, 0) is 30.2 Å². The van der Waals surface area contributed by atoms with Crippen LogP contribution in [0.1, 0.15) is 6.42 Å². The predicted octanol–water partition coefficient (Wildman–Crippen LogP) is 2.03. The number of carbonyl (C=O) groups is 1. The summed E-state index contributed by atoms with van der Waals surface area (Å²) in [6, 6.07) is 10.2. The maximum Gasteiger partial charge on any atom is 0.251 e. The van der Waals surface area contributed by atoms with Crippen LogP contribution in [0.4, 0.5) is 11.4 Å². The highest BCUT2D eigenvalue weighted by molar-refractivity contribution is 6.08. The number of aliphatic imine (C=N–C) groups is 1. The molecule has 1 aliphatic carbocycles. The molecule has 2 aromatic rings. The van der Waals surface area contributed by atoms with Crippen LogP contribution in [0, 0.1) is 11.8 Å². The molecular weight excluding hydrogens is 290 g/mol. The third kappa shape index (κ3) is 2.06. The molecule has 1 aromatic heterocycles. The van der Waals surface area contributed by atoms with E-state index in [-0.39, 0.29) is 18.1 Å². The first-order chi connectivity index (χ1) is 11.3. The third-order valence-electron chi connectivity index (χ3n) is 4.60. The number of aromatic nitrogens is 1. The zero-order valence-electron chi connectivity index (χ0n) is 12.3. The minimum atomic E-state index is -0.139. The minimum absolute atomic E-state index is 0.0203. The van der Waals surface area contributed by atoms with Crippen LogP contribution in [0.25, 0.3) is 11.1 Å². The summed E-state index contributed by atoms with van der Waals surface area (Å²) in [7, 11) is 0. The smallest absolute Gasteiger partial charge is 0.251 e. The largest absolute Gasteiger partial charge is 0.347 e. The van der Waals surface area contributed by atoms with Crippen LogP contribution in [-0.2, 0) is 4.79 Å². The van der Waals surface area contributed by atoms with Gasteiger partial charge in [-0.2, -0.15) is 4.99 Å². The van der Waals surface area contributed by atoms with Crippen molar-refractivity contribution < 1.29 is 4.79 Å². The first kappa shape index (κ1) is 12.6. The van der Waals surface area contributed by atoms with Gasteiger partial charge in [0.05, 0.1) is 17.3 Å². The Labute approximate surface area is 133 Å². The Kier molecular flexibility index (Phi) is 2.50. The van der Waals surface area contributed by atoms with Gasteiger partial charge in [-0.25, -0.2) is 0 Å². The molecule has 0 saturated heterocycles. The summed E-state index contributed by atoms with van der Waals surface area (Å²) >= 11 is 0. The maximum absolute atomic E-state index is 11.5. The van der Waals surface area contributed by atoms with Gasteiger partial charge in [-0.15, -0.1) is 0 Å². The van der Waals surface area contributed by atoms with Gasteiger partial charge in [0.15, 0.2) is 6.29 Å². The normalized spacial score (nSPS) is 26.7. The van der Waals surface area contributed by atoms with E-state index in [0.29, 0.717) is 5.92 Å². The molecule has 1 aromatic carbocycles. The minimum Gasteiger partial charge on any atom is -0.347 e. The van der Waals surface area contributed by atoms with Gasteiger partial charge in [0, 0.05) is 23.9 Å². The molecule has 2 aliphatic heterocycles. The van der Waals surface area contributed by atoms with E-state index >= 15 is 0 Å². The average molecular weight is 305 g/mol. The van der Waals surface area contributed by atoms with Crippen molar-refractivity contribution in [3.63, 3.8) is 0 Å². The molecule has 6 heteroatoms. The molecule has 1 saturated carbocycles. The van der Waals surface area contributed by atoms with E-state index in [1.165, 1.54) is 0 Å². The molecule has 3 atom stereocenters. The molecule has 0 spiro atoms. The van der Waals surface area contributed by atoms with Crippen LogP contribution in [0.5, 0.6) is 0 Å². The van der Waals surface area contributed by atoms with E-state index in [4.69, 9.17) is 0 Å². The Morgan fingerprint density at radius 3 is 2.74 bits per heavy atom. The second-order valence-electron chi connectivity index (χ2n) is 6.15. The van der Waals surface area contributed by atoms with Crippen molar-refractivity contribution >= 4 is 23.1 Å². The number of fused-ring (bicyclic) bond motifs is 2. The summed E-state index contributed by atoms with van der Waals surface area (Å²) in [6.07, 6.45) is 4.42. The zero-order valence-corrected chi connectivity index (χ0v) is 12.3. The molecule has 1 fully saturated rings. The van der Waals surface area contributed by atoms with Gasteiger partial charge in [0.25, 0.3) is 5.91 Å². The molecule has 3 aliphatic rings. The van der Waals surface area contributed by atoms with Gasteiger partial charge < -0.3 is 16.0 Å². The Morgan fingerprint density at radius 2 is 2.00 bits per heavy atom. The second-order valence-corrected chi connectivity index (χ2v) is 6.15. The summed E-state index contributed by atoms with van der Waals surface area (Å²) in [6.45, 7) is 0. The highest BCUT2D eigenvalue weighted by atomic mass is 16.1. The first-order valence-corrected chi connectivity index (χ1v) is 7.74. The first-order valence-electron chi connectivity index (χ1n) is 7.74. The molecule has 114 valence electrons. The van der Waals surface area contributed by atoms with E-state index in [0.717, 1.165) is 34.8 Å². The van der Waals surface area contributed by atoms with Gasteiger partial charge in [0.2, 0.25) is 0 Å². The van der Waals surface area contributed by atoms with Crippen LogP contribution in [-0.4, -0.2) is 23.0 Å². The Hall–Kier alpha value is -2.89. The lowest BCUT2D eigenvalue weighted by atomic mass is 10.1. The molecule has 3 unspecified atom stereocenters. The van der Waals surface area contributed by atoms with Crippen molar-refractivity contribution in [1.29, 1.82) is 0 Å². The SMILES string of the molecule is O=C1N=C(NC2Nc3ccc(-c4cccnc4)cc3N2)C2CC12. The Balaban J connectivity index is 1.35. The second kappa shape index (κ2) is 4.55. The standard InChI is InChI=1S/C17H15N5O/c23-16-12-7-11(12)15(21-16)22-17-19-13-4-3-9(6-14(13)20-17)10-2-1-5-18-8-10/h1-6,8,11-12,17,19-20H,7H2,(H,21,22,23). The maximum atomic E-state index is 11.5. The van der Waals surface area contributed by atoms with Crippen molar-refractivity contribution in [3.8, 4) is 11.1 Å². The summed E-state index contributed by atoms with van der Waals surface area (Å²) < 4.78 is 0. The molecule has 3 N–H and O–H groups in total. The van der Waals surface area contributed by atoms with E-state index in [1.807, 2.05) is 24.4 Å². The van der Waals surface area contributed by atoms with Crippen LogP contribution >= 0.6 is 0 Å². The number of nitrogens with one attached hydrogen (secondary N) is 3.